The molecule has 1 heterocycles. The highest BCUT2D eigenvalue weighted by molar-refractivity contribution is 6.31. The summed E-state index contributed by atoms with van der Waals surface area (Å²) in [5.41, 5.74) is 1.94. The van der Waals surface area contributed by atoms with E-state index in [1.807, 2.05) is 24.3 Å². The van der Waals surface area contributed by atoms with Crippen molar-refractivity contribution in [3.8, 4) is 11.5 Å². The molecule has 1 aromatic heterocycles. The molecular formula is C16H19ClN2O2. The Labute approximate surface area is 130 Å². The molecule has 0 aliphatic rings. The van der Waals surface area contributed by atoms with Gasteiger partial charge in [0.15, 0.2) is 0 Å². The first-order chi connectivity index (χ1) is 10.2. The zero-order chi connectivity index (χ0) is 15.2. The highest BCUT2D eigenvalue weighted by Gasteiger charge is 2.20. The molecule has 5 heteroatoms. The normalized spacial score (nSPS) is 12.0. The Balaban J connectivity index is 2.54. The second-order valence-corrected chi connectivity index (χ2v) is 4.90. The number of methoxy groups -OCH3 is 2. The molecule has 1 N–H and O–H groups in total. The fourth-order valence-electron chi connectivity index (χ4n) is 2.28. The number of halogens is 1. The van der Waals surface area contributed by atoms with Crippen molar-refractivity contribution < 1.29 is 9.47 Å². The third-order valence-corrected chi connectivity index (χ3v) is 3.59. The number of benzene rings is 1. The maximum atomic E-state index is 6.30. The number of nitrogens with zero attached hydrogens (tertiary/aromatic N) is 1. The van der Waals surface area contributed by atoms with Crippen molar-refractivity contribution in [2.24, 2.45) is 0 Å². The Morgan fingerprint density at radius 3 is 2.62 bits per heavy atom. The van der Waals surface area contributed by atoms with Gasteiger partial charge in [-0.1, -0.05) is 18.5 Å². The lowest BCUT2D eigenvalue weighted by molar-refractivity contribution is 0.394. The zero-order valence-corrected chi connectivity index (χ0v) is 13.1. The number of pyridine rings is 1. The molecule has 0 amide bonds. The van der Waals surface area contributed by atoms with Crippen molar-refractivity contribution in [3.05, 3.63) is 52.8 Å². The van der Waals surface area contributed by atoms with E-state index in [1.165, 1.54) is 0 Å². The smallest absolute Gasteiger partial charge is 0.124 e. The molecule has 0 aliphatic heterocycles. The van der Waals surface area contributed by atoms with Crippen LogP contribution in [0.15, 0.2) is 36.7 Å². The summed E-state index contributed by atoms with van der Waals surface area (Å²) >= 11 is 6.30. The molecule has 0 spiro atoms. The fraction of sp³-hybridized carbons (Fsp3) is 0.312. The topological polar surface area (TPSA) is 43.4 Å². The van der Waals surface area contributed by atoms with E-state index in [9.17, 15) is 0 Å². The molecule has 0 aliphatic carbocycles. The van der Waals surface area contributed by atoms with Crippen molar-refractivity contribution in [3.63, 3.8) is 0 Å². The van der Waals surface area contributed by atoms with Crippen LogP contribution in [0.1, 0.15) is 24.1 Å². The van der Waals surface area contributed by atoms with E-state index in [1.54, 1.807) is 26.6 Å². The van der Waals surface area contributed by atoms with E-state index in [-0.39, 0.29) is 6.04 Å². The van der Waals surface area contributed by atoms with Gasteiger partial charge in [0.05, 0.1) is 25.3 Å². The molecule has 1 atom stereocenters. The standard InChI is InChI=1S/C16H19ClN2O2/c1-4-19-16(12-7-8-18-10-14(12)17)13-9-11(20-2)5-6-15(13)21-3/h5-10,16,19H,4H2,1-3H3. The monoisotopic (exact) mass is 306 g/mol. The summed E-state index contributed by atoms with van der Waals surface area (Å²) in [6.07, 6.45) is 3.38. The molecule has 2 aromatic rings. The number of ether oxygens (including phenoxy) is 2. The number of rotatable bonds is 6. The van der Waals surface area contributed by atoms with E-state index in [0.29, 0.717) is 5.02 Å². The fourth-order valence-corrected chi connectivity index (χ4v) is 2.51. The van der Waals surface area contributed by atoms with Gasteiger partial charge < -0.3 is 14.8 Å². The Kier molecular flexibility index (Phi) is 5.42. The molecule has 21 heavy (non-hydrogen) atoms. The summed E-state index contributed by atoms with van der Waals surface area (Å²) in [5.74, 6) is 1.56. The Bertz CT molecular complexity index is 605. The molecule has 0 bridgehead atoms. The van der Waals surface area contributed by atoms with Gasteiger partial charge in [-0.3, -0.25) is 4.98 Å². The molecule has 0 radical (unpaired) electrons. The Hall–Kier alpha value is -1.78. The summed E-state index contributed by atoms with van der Waals surface area (Å²) in [5, 5.41) is 4.05. The first kappa shape index (κ1) is 15.6. The number of hydrogen-bond acceptors (Lipinski definition) is 4. The van der Waals surface area contributed by atoms with E-state index < -0.39 is 0 Å². The van der Waals surface area contributed by atoms with Gasteiger partial charge in [-0.2, -0.15) is 0 Å². The highest BCUT2D eigenvalue weighted by Crippen LogP contribution is 2.35. The minimum absolute atomic E-state index is 0.0875. The van der Waals surface area contributed by atoms with E-state index in [0.717, 1.165) is 29.2 Å². The zero-order valence-electron chi connectivity index (χ0n) is 12.4. The summed E-state index contributed by atoms with van der Waals surface area (Å²) in [4.78, 5) is 4.04. The summed E-state index contributed by atoms with van der Waals surface area (Å²) < 4.78 is 10.8. The van der Waals surface area contributed by atoms with Crippen LogP contribution in [0.4, 0.5) is 0 Å². The predicted octanol–water partition coefficient (Wildman–Crippen LogP) is 3.45. The molecule has 1 unspecified atom stereocenters. The van der Waals surface area contributed by atoms with E-state index >= 15 is 0 Å². The van der Waals surface area contributed by atoms with Gasteiger partial charge >= 0.3 is 0 Å². The SMILES string of the molecule is CCNC(c1ccncc1Cl)c1cc(OC)ccc1OC. The average Bonchev–Trinajstić information content (AvgIpc) is 2.53. The van der Waals surface area contributed by atoms with Crippen LogP contribution in [0, 0.1) is 0 Å². The lowest BCUT2D eigenvalue weighted by Gasteiger charge is -2.22. The van der Waals surface area contributed by atoms with Crippen molar-refractivity contribution >= 4 is 11.6 Å². The van der Waals surface area contributed by atoms with Crippen LogP contribution in [0.5, 0.6) is 11.5 Å². The summed E-state index contributed by atoms with van der Waals surface area (Å²) in [6, 6.07) is 7.56. The molecule has 1 aromatic carbocycles. The van der Waals surface area contributed by atoms with Gasteiger partial charge in [0, 0.05) is 18.0 Å². The van der Waals surface area contributed by atoms with E-state index in [4.69, 9.17) is 21.1 Å². The Morgan fingerprint density at radius 1 is 1.19 bits per heavy atom. The average molecular weight is 307 g/mol. The van der Waals surface area contributed by atoms with Gasteiger partial charge in [0.25, 0.3) is 0 Å². The van der Waals surface area contributed by atoms with Crippen LogP contribution in [-0.2, 0) is 0 Å². The minimum atomic E-state index is -0.0875. The summed E-state index contributed by atoms with van der Waals surface area (Å²) in [7, 11) is 3.30. The molecule has 0 saturated heterocycles. The molecule has 112 valence electrons. The van der Waals surface area contributed by atoms with Crippen molar-refractivity contribution in [2.75, 3.05) is 20.8 Å². The van der Waals surface area contributed by atoms with Crippen molar-refractivity contribution in [2.45, 2.75) is 13.0 Å². The van der Waals surface area contributed by atoms with Crippen LogP contribution in [-0.4, -0.2) is 25.7 Å². The maximum absolute atomic E-state index is 6.30. The lowest BCUT2D eigenvalue weighted by atomic mass is 9.98. The second kappa shape index (κ2) is 7.29. The van der Waals surface area contributed by atoms with Crippen LogP contribution in [0.2, 0.25) is 5.02 Å². The number of nitrogens with one attached hydrogen (secondary N) is 1. The van der Waals surface area contributed by atoms with Crippen molar-refractivity contribution in [1.82, 2.24) is 10.3 Å². The molecule has 0 fully saturated rings. The van der Waals surface area contributed by atoms with Crippen LogP contribution >= 0.6 is 11.6 Å². The molecule has 4 nitrogen and oxygen atoms in total. The lowest BCUT2D eigenvalue weighted by Crippen LogP contribution is -2.23. The predicted molar refractivity (Wildman–Crippen MR) is 84.3 cm³/mol. The highest BCUT2D eigenvalue weighted by atomic mass is 35.5. The first-order valence-electron chi connectivity index (χ1n) is 6.76. The third-order valence-electron chi connectivity index (χ3n) is 3.27. The van der Waals surface area contributed by atoms with Crippen LogP contribution in [0.3, 0.4) is 0 Å². The number of aromatic nitrogens is 1. The molecular weight excluding hydrogens is 288 g/mol. The van der Waals surface area contributed by atoms with Gasteiger partial charge in [-0.15, -0.1) is 0 Å². The summed E-state index contributed by atoms with van der Waals surface area (Å²) in [6.45, 7) is 2.85. The second-order valence-electron chi connectivity index (χ2n) is 4.50. The minimum Gasteiger partial charge on any atom is -0.497 e. The van der Waals surface area contributed by atoms with Crippen molar-refractivity contribution in [1.29, 1.82) is 0 Å². The van der Waals surface area contributed by atoms with Crippen LogP contribution in [0.25, 0.3) is 0 Å². The van der Waals surface area contributed by atoms with Gasteiger partial charge in [0.2, 0.25) is 0 Å². The quantitative estimate of drug-likeness (QED) is 0.887. The third kappa shape index (κ3) is 3.46. The Morgan fingerprint density at radius 2 is 2.00 bits per heavy atom. The first-order valence-corrected chi connectivity index (χ1v) is 7.13. The molecule has 2 rings (SSSR count). The number of hydrogen-bond donors (Lipinski definition) is 1. The largest absolute Gasteiger partial charge is 0.497 e. The van der Waals surface area contributed by atoms with Crippen LogP contribution < -0.4 is 14.8 Å². The van der Waals surface area contributed by atoms with Gasteiger partial charge in [0.1, 0.15) is 11.5 Å². The van der Waals surface area contributed by atoms with Gasteiger partial charge in [-0.25, -0.2) is 0 Å². The van der Waals surface area contributed by atoms with E-state index in [2.05, 4.69) is 17.2 Å². The maximum Gasteiger partial charge on any atom is 0.124 e. The van der Waals surface area contributed by atoms with Gasteiger partial charge in [-0.05, 0) is 36.4 Å². The molecule has 0 saturated carbocycles.